The highest BCUT2D eigenvalue weighted by molar-refractivity contribution is 5.00. The van der Waals surface area contributed by atoms with Gasteiger partial charge in [-0.25, -0.2) is 8.78 Å². The van der Waals surface area contributed by atoms with E-state index in [1.807, 2.05) is 7.05 Å². The van der Waals surface area contributed by atoms with Crippen molar-refractivity contribution < 1.29 is 8.78 Å². The quantitative estimate of drug-likeness (QED) is 0.695. The Morgan fingerprint density at radius 3 is 2.64 bits per heavy atom. The third-order valence-corrected chi connectivity index (χ3v) is 3.01. The number of likely N-dealkylation sites (N-methyl/N-ethyl adjacent to an activating group) is 1. The Morgan fingerprint density at radius 1 is 1.64 bits per heavy atom. The third kappa shape index (κ3) is 2.62. The maximum atomic E-state index is 12.1. The fraction of sp³-hybridized carbons (Fsp3) is 1.00. The number of nitrogens with one attached hydrogen (secondary N) is 1. The number of nitrogens with zero attached hydrogens (tertiary/aromatic N) is 1. The van der Waals surface area contributed by atoms with Crippen molar-refractivity contribution in [2.75, 3.05) is 26.7 Å². The molecule has 14 heavy (non-hydrogen) atoms. The molecule has 0 aromatic heterocycles. The van der Waals surface area contributed by atoms with Crippen molar-refractivity contribution in [3.05, 3.63) is 0 Å². The van der Waals surface area contributed by atoms with Gasteiger partial charge in [0.1, 0.15) is 0 Å². The molecule has 0 bridgehead atoms. The van der Waals surface area contributed by atoms with Crippen molar-refractivity contribution in [2.45, 2.75) is 31.4 Å². The fourth-order valence-electron chi connectivity index (χ4n) is 2.06. The molecule has 1 rings (SSSR count). The van der Waals surface area contributed by atoms with Gasteiger partial charge in [-0.2, -0.15) is 0 Å². The smallest absolute Gasteiger partial charge is 0.250 e. The van der Waals surface area contributed by atoms with E-state index < -0.39 is 6.43 Å². The van der Waals surface area contributed by atoms with E-state index in [1.54, 1.807) is 0 Å². The summed E-state index contributed by atoms with van der Waals surface area (Å²) in [5.74, 6) is 0. The van der Waals surface area contributed by atoms with Crippen molar-refractivity contribution in [2.24, 2.45) is 5.73 Å². The SMILES string of the molecule is CC1CC(CN)(NCC(F)F)CN1C. The van der Waals surface area contributed by atoms with Crippen LogP contribution in [0.1, 0.15) is 13.3 Å². The lowest BCUT2D eigenvalue weighted by atomic mass is 9.96. The van der Waals surface area contributed by atoms with Crippen LogP contribution in [-0.4, -0.2) is 49.6 Å². The van der Waals surface area contributed by atoms with Gasteiger partial charge < -0.3 is 16.0 Å². The molecule has 1 heterocycles. The maximum Gasteiger partial charge on any atom is 0.250 e. The zero-order chi connectivity index (χ0) is 10.8. The Hall–Kier alpha value is -0.260. The number of nitrogens with two attached hydrogens (primary N) is 1. The maximum absolute atomic E-state index is 12.1. The number of halogens is 2. The van der Waals surface area contributed by atoms with Gasteiger partial charge in [-0.3, -0.25) is 0 Å². The molecule has 0 amide bonds. The van der Waals surface area contributed by atoms with Gasteiger partial charge in [-0.15, -0.1) is 0 Å². The molecule has 1 fully saturated rings. The minimum absolute atomic E-state index is 0.266. The summed E-state index contributed by atoms with van der Waals surface area (Å²) in [6.45, 7) is 2.98. The lowest BCUT2D eigenvalue weighted by Gasteiger charge is -2.28. The van der Waals surface area contributed by atoms with E-state index in [2.05, 4.69) is 17.1 Å². The number of alkyl halides is 2. The molecule has 3 N–H and O–H groups in total. The molecule has 0 spiro atoms. The highest BCUT2D eigenvalue weighted by Crippen LogP contribution is 2.24. The molecular weight excluding hydrogens is 188 g/mol. The minimum atomic E-state index is -2.31. The first kappa shape index (κ1) is 11.8. The molecule has 0 aromatic carbocycles. The van der Waals surface area contributed by atoms with Crippen molar-refractivity contribution in [1.82, 2.24) is 10.2 Å². The normalized spacial score (nSPS) is 34.3. The first-order chi connectivity index (χ1) is 6.49. The fourth-order valence-corrected chi connectivity index (χ4v) is 2.06. The van der Waals surface area contributed by atoms with Gasteiger partial charge in [-0.1, -0.05) is 0 Å². The van der Waals surface area contributed by atoms with Gasteiger partial charge in [0.15, 0.2) is 0 Å². The summed E-state index contributed by atoms with van der Waals surface area (Å²) in [6.07, 6.45) is -1.47. The summed E-state index contributed by atoms with van der Waals surface area (Å²) in [4.78, 5) is 2.14. The number of hydrogen-bond acceptors (Lipinski definition) is 3. The predicted molar refractivity (Wildman–Crippen MR) is 52.5 cm³/mol. The molecule has 0 saturated carbocycles. The summed E-state index contributed by atoms with van der Waals surface area (Å²) in [5, 5.41) is 2.89. The molecule has 0 radical (unpaired) electrons. The molecule has 2 atom stereocenters. The van der Waals surface area contributed by atoms with Crippen LogP contribution < -0.4 is 11.1 Å². The van der Waals surface area contributed by atoms with Crippen LogP contribution in [0.3, 0.4) is 0 Å². The van der Waals surface area contributed by atoms with Gasteiger partial charge in [0.2, 0.25) is 0 Å². The van der Waals surface area contributed by atoms with E-state index in [1.165, 1.54) is 0 Å². The second-order valence-electron chi connectivity index (χ2n) is 4.22. The molecule has 1 aliphatic heterocycles. The van der Waals surface area contributed by atoms with Crippen LogP contribution in [0.4, 0.5) is 8.78 Å². The van der Waals surface area contributed by atoms with E-state index in [0.717, 1.165) is 13.0 Å². The average Bonchev–Trinajstić information content (AvgIpc) is 2.41. The van der Waals surface area contributed by atoms with Crippen LogP contribution in [0, 0.1) is 0 Å². The van der Waals surface area contributed by atoms with Gasteiger partial charge in [0.25, 0.3) is 6.43 Å². The Kier molecular flexibility index (Phi) is 3.80. The van der Waals surface area contributed by atoms with E-state index in [9.17, 15) is 8.78 Å². The van der Waals surface area contributed by atoms with Crippen molar-refractivity contribution in [3.8, 4) is 0 Å². The Morgan fingerprint density at radius 2 is 2.29 bits per heavy atom. The average molecular weight is 207 g/mol. The molecular formula is C9H19F2N3. The second-order valence-corrected chi connectivity index (χ2v) is 4.22. The summed E-state index contributed by atoms with van der Waals surface area (Å²) in [6, 6.07) is 0.406. The van der Waals surface area contributed by atoms with Gasteiger partial charge in [0.05, 0.1) is 6.54 Å². The molecule has 0 aliphatic carbocycles. The lowest BCUT2D eigenvalue weighted by molar-refractivity contribution is 0.130. The van der Waals surface area contributed by atoms with Crippen LogP contribution in [0.5, 0.6) is 0 Å². The van der Waals surface area contributed by atoms with Crippen LogP contribution in [0.2, 0.25) is 0 Å². The van der Waals surface area contributed by atoms with Gasteiger partial charge in [-0.05, 0) is 20.4 Å². The largest absolute Gasteiger partial charge is 0.329 e. The van der Waals surface area contributed by atoms with Crippen LogP contribution in [0.15, 0.2) is 0 Å². The highest BCUT2D eigenvalue weighted by Gasteiger charge is 2.39. The van der Waals surface area contributed by atoms with Crippen LogP contribution >= 0.6 is 0 Å². The molecule has 1 saturated heterocycles. The lowest BCUT2D eigenvalue weighted by Crippen LogP contribution is -2.54. The Bertz CT molecular complexity index is 177. The van der Waals surface area contributed by atoms with Crippen molar-refractivity contribution in [3.63, 3.8) is 0 Å². The van der Waals surface area contributed by atoms with Crippen molar-refractivity contribution >= 4 is 0 Å². The monoisotopic (exact) mass is 207 g/mol. The summed E-state index contributed by atoms with van der Waals surface area (Å²) in [5.41, 5.74) is 5.33. The van der Waals surface area contributed by atoms with Crippen molar-refractivity contribution in [1.29, 1.82) is 0 Å². The van der Waals surface area contributed by atoms with E-state index in [-0.39, 0.29) is 12.1 Å². The van der Waals surface area contributed by atoms with Crippen LogP contribution in [0.25, 0.3) is 0 Å². The summed E-state index contributed by atoms with van der Waals surface area (Å²) < 4.78 is 24.1. The Balaban J connectivity index is 2.51. The number of rotatable bonds is 4. The Labute approximate surface area is 83.6 Å². The standard InChI is InChI=1S/C9H19F2N3/c1-7-3-9(5-12,6-14(7)2)13-4-8(10)11/h7-8,13H,3-6,12H2,1-2H3. The molecule has 84 valence electrons. The topological polar surface area (TPSA) is 41.3 Å². The number of hydrogen-bond donors (Lipinski definition) is 2. The second kappa shape index (κ2) is 4.51. The molecule has 1 aliphatic rings. The summed E-state index contributed by atoms with van der Waals surface area (Å²) in [7, 11) is 1.99. The first-order valence-electron chi connectivity index (χ1n) is 4.92. The summed E-state index contributed by atoms with van der Waals surface area (Å²) >= 11 is 0. The zero-order valence-electron chi connectivity index (χ0n) is 8.76. The van der Waals surface area contributed by atoms with E-state index in [0.29, 0.717) is 12.6 Å². The molecule has 2 unspecified atom stereocenters. The molecule has 3 nitrogen and oxygen atoms in total. The van der Waals surface area contributed by atoms with E-state index >= 15 is 0 Å². The van der Waals surface area contributed by atoms with Crippen LogP contribution in [-0.2, 0) is 0 Å². The number of likely N-dealkylation sites (tertiary alicyclic amines) is 1. The highest BCUT2D eigenvalue weighted by atomic mass is 19.3. The predicted octanol–water partition coefficient (Wildman–Crippen LogP) is 0.263. The molecule has 0 aromatic rings. The van der Waals surface area contributed by atoms with E-state index in [4.69, 9.17) is 5.73 Å². The van der Waals surface area contributed by atoms with Gasteiger partial charge >= 0.3 is 0 Å². The first-order valence-corrected chi connectivity index (χ1v) is 4.92. The minimum Gasteiger partial charge on any atom is -0.329 e. The third-order valence-electron chi connectivity index (χ3n) is 3.01. The van der Waals surface area contributed by atoms with Gasteiger partial charge in [0, 0.05) is 24.7 Å². The zero-order valence-corrected chi connectivity index (χ0v) is 8.76. The molecule has 5 heteroatoms.